The van der Waals surface area contributed by atoms with Gasteiger partial charge in [0.1, 0.15) is 0 Å². The Hall–Kier alpha value is -0.610. The zero-order chi connectivity index (χ0) is 14.5. The predicted octanol–water partition coefficient (Wildman–Crippen LogP) is 2.20. The summed E-state index contributed by atoms with van der Waals surface area (Å²) in [4.78, 5) is 17.1. The molecule has 20 heavy (non-hydrogen) atoms. The molecular weight excluding hydrogens is 250 g/mol. The maximum Gasteiger partial charge on any atom is 0.241 e. The molecule has 1 heterocycles. The van der Waals surface area contributed by atoms with Gasteiger partial charge in [0.05, 0.1) is 12.2 Å². The van der Waals surface area contributed by atoms with Gasteiger partial charge in [0, 0.05) is 19.1 Å². The monoisotopic (exact) mass is 281 g/mol. The lowest BCUT2D eigenvalue weighted by Gasteiger charge is -2.28. The lowest BCUT2D eigenvalue weighted by molar-refractivity contribution is -0.130. The summed E-state index contributed by atoms with van der Waals surface area (Å²) in [6.45, 7) is 9.61. The largest absolute Gasteiger partial charge is 0.325 e. The highest BCUT2D eigenvalue weighted by atomic mass is 16.2. The Labute approximate surface area is 123 Å². The van der Waals surface area contributed by atoms with E-state index in [9.17, 15) is 4.79 Å². The second kappa shape index (κ2) is 7.41. The average molecular weight is 281 g/mol. The zero-order valence-corrected chi connectivity index (χ0v) is 13.4. The van der Waals surface area contributed by atoms with E-state index in [1.807, 2.05) is 0 Å². The van der Waals surface area contributed by atoms with Gasteiger partial charge in [-0.25, -0.2) is 0 Å². The van der Waals surface area contributed by atoms with Crippen LogP contribution in [0.2, 0.25) is 0 Å². The van der Waals surface area contributed by atoms with Gasteiger partial charge in [0.25, 0.3) is 0 Å². The normalized spacial score (nSPS) is 26.8. The molecule has 0 aromatic carbocycles. The number of nitrogens with one attached hydrogen (secondary N) is 1. The maximum absolute atomic E-state index is 12.5. The molecule has 0 aromatic heterocycles. The van der Waals surface area contributed by atoms with Crippen LogP contribution in [0.3, 0.4) is 0 Å². The number of hydrogen-bond donors (Lipinski definition) is 1. The third kappa shape index (κ3) is 3.73. The Balaban J connectivity index is 1.89. The minimum atomic E-state index is 0.0625. The lowest BCUT2D eigenvalue weighted by Crippen LogP contribution is -2.42. The molecule has 0 aromatic rings. The van der Waals surface area contributed by atoms with Crippen LogP contribution < -0.4 is 5.32 Å². The summed E-state index contributed by atoms with van der Waals surface area (Å²) in [6.07, 6.45) is 7.19. The van der Waals surface area contributed by atoms with Gasteiger partial charge >= 0.3 is 0 Å². The topological polar surface area (TPSA) is 35.6 Å². The molecule has 1 aliphatic carbocycles. The first kappa shape index (κ1) is 15.8. The molecule has 2 fully saturated rings. The van der Waals surface area contributed by atoms with E-state index in [-0.39, 0.29) is 12.2 Å². The van der Waals surface area contributed by atoms with Crippen molar-refractivity contribution in [2.24, 2.45) is 0 Å². The van der Waals surface area contributed by atoms with E-state index < -0.39 is 0 Å². The third-order valence-corrected chi connectivity index (χ3v) is 4.59. The van der Waals surface area contributed by atoms with Gasteiger partial charge in [-0.1, -0.05) is 33.6 Å². The molecule has 0 bridgehead atoms. The maximum atomic E-state index is 12.5. The molecule has 0 radical (unpaired) electrons. The van der Waals surface area contributed by atoms with E-state index in [2.05, 4.69) is 35.9 Å². The molecule has 4 nitrogen and oxygen atoms in total. The average Bonchev–Trinajstić information content (AvgIpc) is 3.22. The van der Waals surface area contributed by atoms with Crippen molar-refractivity contribution < 1.29 is 4.79 Å². The van der Waals surface area contributed by atoms with Crippen molar-refractivity contribution in [3.8, 4) is 0 Å². The molecular formula is C16H31N3O. The molecule has 2 aliphatic rings. The zero-order valence-electron chi connectivity index (χ0n) is 13.4. The SMILES string of the molecule is CCCC1NC(CCC)N(CCN(CC)C2CC2)C1=O. The van der Waals surface area contributed by atoms with Gasteiger partial charge in [0.2, 0.25) is 5.91 Å². The number of rotatable bonds is 9. The Kier molecular flexibility index (Phi) is 5.85. The van der Waals surface area contributed by atoms with Crippen molar-refractivity contribution >= 4 is 5.91 Å². The van der Waals surface area contributed by atoms with E-state index in [1.165, 1.54) is 12.8 Å². The van der Waals surface area contributed by atoms with E-state index in [0.717, 1.165) is 51.4 Å². The van der Waals surface area contributed by atoms with Gasteiger partial charge in [-0.15, -0.1) is 0 Å². The Morgan fingerprint density at radius 2 is 1.90 bits per heavy atom. The summed E-state index contributed by atoms with van der Waals surface area (Å²) in [6, 6.07) is 0.856. The van der Waals surface area contributed by atoms with Crippen LogP contribution in [0.1, 0.15) is 59.3 Å². The second-order valence-corrected chi connectivity index (χ2v) is 6.20. The van der Waals surface area contributed by atoms with Crippen LogP contribution in [0, 0.1) is 0 Å². The third-order valence-electron chi connectivity index (χ3n) is 4.59. The molecule has 116 valence electrons. The van der Waals surface area contributed by atoms with E-state index in [0.29, 0.717) is 5.91 Å². The summed E-state index contributed by atoms with van der Waals surface area (Å²) in [5.74, 6) is 0.331. The molecule has 2 atom stereocenters. The predicted molar refractivity (Wildman–Crippen MR) is 82.5 cm³/mol. The van der Waals surface area contributed by atoms with Gasteiger partial charge in [-0.05, 0) is 32.2 Å². The molecule has 2 rings (SSSR count). The number of amides is 1. The lowest BCUT2D eigenvalue weighted by atomic mass is 10.2. The minimum absolute atomic E-state index is 0.0625. The highest BCUT2D eigenvalue weighted by Gasteiger charge is 2.38. The summed E-state index contributed by atoms with van der Waals surface area (Å²) < 4.78 is 0. The number of nitrogens with zero attached hydrogens (tertiary/aromatic N) is 2. The van der Waals surface area contributed by atoms with Crippen LogP contribution in [0.15, 0.2) is 0 Å². The smallest absolute Gasteiger partial charge is 0.241 e. The molecule has 1 aliphatic heterocycles. The summed E-state index contributed by atoms with van der Waals surface area (Å²) in [7, 11) is 0. The Bertz CT molecular complexity index is 317. The summed E-state index contributed by atoms with van der Waals surface area (Å²) in [5.41, 5.74) is 0. The molecule has 1 N–H and O–H groups in total. The van der Waals surface area contributed by atoms with Crippen LogP contribution in [-0.2, 0) is 4.79 Å². The van der Waals surface area contributed by atoms with E-state index >= 15 is 0 Å². The summed E-state index contributed by atoms with van der Waals surface area (Å²) >= 11 is 0. The van der Waals surface area contributed by atoms with Gasteiger partial charge < -0.3 is 4.90 Å². The fourth-order valence-electron chi connectivity index (χ4n) is 3.30. The minimum Gasteiger partial charge on any atom is -0.325 e. The Morgan fingerprint density at radius 3 is 2.45 bits per heavy atom. The first-order valence-electron chi connectivity index (χ1n) is 8.51. The second-order valence-electron chi connectivity index (χ2n) is 6.20. The highest BCUT2D eigenvalue weighted by Crippen LogP contribution is 2.26. The standard InChI is InChI=1S/C16H31N3O/c1-4-7-14-16(20)19(15(17-14)8-5-2)12-11-18(6-3)13-9-10-13/h13-15,17H,4-12H2,1-3H3. The quantitative estimate of drug-likeness (QED) is 0.704. The molecule has 1 saturated heterocycles. The van der Waals surface area contributed by atoms with Crippen molar-refractivity contribution in [1.82, 2.24) is 15.1 Å². The summed E-state index contributed by atoms with van der Waals surface area (Å²) in [5, 5.41) is 3.54. The van der Waals surface area contributed by atoms with Crippen LogP contribution >= 0.6 is 0 Å². The van der Waals surface area contributed by atoms with E-state index in [4.69, 9.17) is 0 Å². The van der Waals surface area contributed by atoms with Gasteiger partial charge in [-0.2, -0.15) is 0 Å². The number of carbonyl (C=O) groups is 1. The van der Waals surface area contributed by atoms with E-state index in [1.54, 1.807) is 0 Å². The Morgan fingerprint density at radius 1 is 1.20 bits per heavy atom. The number of hydrogen-bond acceptors (Lipinski definition) is 3. The molecule has 2 unspecified atom stereocenters. The van der Waals surface area contributed by atoms with Crippen LogP contribution in [0.4, 0.5) is 0 Å². The van der Waals surface area contributed by atoms with Crippen molar-refractivity contribution in [2.45, 2.75) is 77.5 Å². The van der Waals surface area contributed by atoms with Crippen LogP contribution in [0.5, 0.6) is 0 Å². The fourth-order valence-corrected chi connectivity index (χ4v) is 3.30. The number of likely N-dealkylation sites (N-methyl/N-ethyl adjacent to an activating group) is 1. The van der Waals surface area contributed by atoms with Crippen LogP contribution in [0.25, 0.3) is 0 Å². The van der Waals surface area contributed by atoms with Crippen molar-refractivity contribution in [2.75, 3.05) is 19.6 Å². The van der Waals surface area contributed by atoms with Crippen molar-refractivity contribution in [1.29, 1.82) is 0 Å². The molecule has 0 spiro atoms. The number of carbonyl (C=O) groups excluding carboxylic acids is 1. The molecule has 1 amide bonds. The van der Waals surface area contributed by atoms with Crippen LogP contribution in [-0.4, -0.2) is 53.6 Å². The highest BCUT2D eigenvalue weighted by molar-refractivity contribution is 5.84. The van der Waals surface area contributed by atoms with Gasteiger partial charge in [0.15, 0.2) is 0 Å². The van der Waals surface area contributed by atoms with Crippen molar-refractivity contribution in [3.05, 3.63) is 0 Å². The molecule has 4 heteroatoms. The van der Waals surface area contributed by atoms with Crippen molar-refractivity contribution in [3.63, 3.8) is 0 Å². The van der Waals surface area contributed by atoms with Gasteiger partial charge in [-0.3, -0.25) is 15.0 Å². The molecule has 1 saturated carbocycles. The first-order valence-corrected chi connectivity index (χ1v) is 8.51. The fraction of sp³-hybridized carbons (Fsp3) is 0.938. The first-order chi connectivity index (χ1) is 9.71.